The van der Waals surface area contributed by atoms with Gasteiger partial charge in [-0.25, -0.2) is 12.8 Å². The van der Waals surface area contributed by atoms with Gasteiger partial charge in [0.05, 0.1) is 44.9 Å². The average Bonchev–Trinajstić information content (AvgIpc) is 3.41. The zero-order chi connectivity index (χ0) is 23.8. The van der Waals surface area contributed by atoms with E-state index in [2.05, 4.69) is 11.4 Å². The van der Waals surface area contributed by atoms with Crippen molar-refractivity contribution >= 4 is 38.9 Å². The van der Waals surface area contributed by atoms with Crippen LogP contribution >= 0.6 is 23.2 Å². The second kappa shape index (κ2) is 9.22. The lowest BCUT2D eigenvalue weighted by atomic mass is 10.0. The molecule has 2 saturated carbocycles. The molecule has 0 unspecified atom stereocenters. The normalized spacial score (nSPS) is 23.6. The number of hydrogen-bond donors (Lipinski definition) is 1. The van der Waals surface area contributed by atoms with Crippen LogP contribution in [0.15, 0.2) is 47.4 Å². The van der Waals surface area contributed by atoms with Gasteiger partial charge in [0.2, 0.25) is 5.91 Å². The van der Waals surface area contributed by atoms with Gasteiger partial charge in [0, 0.05) is 0 Å². The van der Waals surface area contributed by atoms with Gasteiger partial charge in [-0.2, -0.15) is 5.26 Å². The van der Waals surface area contributed by atoms with E-state index in [0.29, 0.717) is 18.4 Å². The number of amides is 1. The molecule has 33 heavy (non-hydrogen) atoms. The van der Waals surface area contributed by atoms with Crippen LogP contribution in [-0.4, -0.2) is 31.2 Å². The Morgan fingerprint density at radius 3 is 2.55 bits per heavy atom. The number of hydrogen-bond acceptors (Lipinski definition) is 5. The Morgan fingerprint density at radius 1 is 1.18 bits per heavy atom. The fourth-order valence-corrected chi connectivity index (χ4v) is 6.52. The molecule has 2 aromatic rings. The van der Waals surface area contributed by atoms with Gasteiger partial charge in [-0.1, -0.05) is 41.4 Å². The molecular weight excluding hydrogens is 490 g/mol. The predicted octanol–water partition coefficient (Wildman–Crippen LogP) is 4.44. The van der Waals surface area contributed by atoms with Crippen molar-refractivity contribution in [3.63, 3.8) is 0 Å². The molecule has 10 heteroatoms. The van der Waals surface area contributed by atoms with Gasteiger partial charge >= 0.3 is 0 Å². The highest BCUT2D eigenvalue weighted by atomic mass is 35.5. The molecule has 3 atom stereocenters. The number of ether oxygens (including phenoxy) is 1. The molecule has 2 fully saturated rings. The summed E-state index contributed by atoms with van der Waals surface area (Å²) in [5.41, 5.74) is -0.384. The predicted molar refractivity (Wildman–Crippen MR) is 121 cm³/mol. The standard InChI is InChI=1S/C23H21Cl2FN2O4S/c24-17-6-5-14(9-19(17)26)12-32-20-11-15(33(30,31)21-4-2-1-3-18(21)25)10-16(20)22(29)28-23(13-27)7-8-23/h1-6,9,15-16,20H,7-8,10-12H2,(H,28,29)/t15-,16-,20-/m0/s1. The molecule has 2 aliphatic carbocycles. The molecule has 1 N–H and O–H groups in total. The third-order valence-corrected chi connectivity index (χ3v) is 9.13. The second-order valence-electron chi connectivity index (χ2n) is 8.46. The van der Waals surface area contributed by atoms with Gasteiger partial charge in [-0.15, -0.1) is 0 Å². The van der Waals surface area contributed by atoms with E-state index in [4.69, 9.17) is 27.9 Å². The Bertz CT molecular complexity index is 1230. The minimum atomic E-state index is -3.83. The Morgan fingerprint density at radius 2 is 1.91 bits per heavy atom. The highest BCUT2D eigenvalue weighted by molar-refractivity contribution is 7.92. The van der Waals surface area contributed by atoms with Crippen molar-refractivity contribution < 1.29 is 22.3 Å². The summed E-state index contributed by atoms with van der Waals surface area (Å²) in [4.78, 5) is 13.0. The van der Waals surface area contributed by atoms with Gasteiger partial charge < -0.3 is 10.1 Å². The van der Waals surface area contributed by atoms with E-state index < -0.39 is 44.4 Å². The van der Waals surface area contributed by atoms with Gasteiger partial charge in [0.15, 0.2) is 9.84 Å². The van der Waals surface area contributed by atoms with Crippen LogP contribution in [0.5, 0.6) is 0 Å². The van der Waals surface area contributed by atoms with E-state index in [9.17, 15) is 22.9 Å². The molecule has 0 saturated heterocycles. The number of nitrogens with one attached hydrogen (secondary N) is 1. The molecule has 0 heterocycles. The van der Waals surface area contributed by atoms with Gasteiger partial charge in [0.1, 0.15) is 11.4 Å². The molecule has 0 aliphatic heterocycles. The van der Waals surface area contributed by atoms with Crippen molar-refractivity contribution in [3.05, 3.63) is 63.9 Å². The number of halogens is 3. The van der Waals surface area contributed by atoms with Crippen molar-refractivity contribution in [2.75, 3.05) is 0 Å². The van der Waals surface area contributed by atoms with Crippen molar-refractivity contribution in [2.24, 2.45) is 5.92 Å². The minimum Gasteiger partial charge on any atom is -0.373 e. The van der Waals surface area contributed by atoms with Crippen LogP contribution in [0.4, 0.5) is 4.39 Å². The van der Waals surface area contributed by atoms with E-state index in [1.54, 1.807) is 18.2 Å². The van der Waals surface area contributed by atoms with Crippen molar-refractivity contribution in [1.82, 2.24) is 5.32 Å². The molecule has 2 aromatic carbocycles. The molecule has 0 spiro atoms. The fourth-order valence-electron chi connectivity index (χ4n) is 4.07. The van der Waals surface area contributed by atoms with Crippen molar-refractivity contribution in [3.8, 4) is 6.07 Å². The summed E-state index contributed by atoms with van der Waals surface area (Å²) in [5.74, 6) is -1.80. The first-order valence-electron chi connectivity index (χ1n) is 10.4. The SMILES string of the molecule is N#CC1(NC(=O)[C@H]2C[C@H](S(=O)(=O)c3ccccc3Cl)C[C@@H]2OCc2ccc(Cl)c(F)c2)CC1. The number of rotatable bonds is 7. The van der Waals surface area contributed by atoms with Crippen LogP contribution in [0, 0.1) is 23.1 Å². The first-order valence-corrected chi connectivity index (χ1v) is 12.7. The smallest absolute Gasteiger partial charge is 0.227 e. The maximum atomic E-state index is 13.8. The van der Waals surface area contributed by atoms with Gasteiger partial charge in [-0.05, 0) is 55.5 Å². The summed E-state index contributed by atoms with van der Waals surface area (Å²) < 4.78 is 46.3. The zero-order valence-corrected chi connectivity index (χ0v) is 19.8. The zero-order valence-electron chi connectivity index (χ0n) is 17.4. The molecule has 2 aliphatic rings. The molecule has 0 bridgehead atoms. The second-order valence-corrected chi connectivity index (χ2v) is 11.5. The number of nitriles is 1. The third kappa shape index (κ3) is 5.02. The highest BCUT2D eigenvalue weighted by Crippen LogP contribution is 2.40. The van der Waals surface area contributed by atoms with Crippen molar-refractivity contribution in [2.45, 2.75) is 54.1 Å². The van der Waals surface area contributed by atoms with E-state index in [1.807, 2.05) is 0 Å². The Labute approximate surface area is 201 Å². The summed E-state index contributed by atoms with van der Waals surface area (Å²) in [7, 11) is -3.83. The van der Waals surface area contributed by atoms with Crippen LogP contribution < -0.4 is 5.32 Å². The van der Waals surface area contributed by atoms with E-state index in [0.717, 1.165) is 0 Å². The van der Waals surface area contributed by atoms with Crippen LogP contribution in [0.1, 0.15) is 31.2 Å². The summed E-state index contributed by atoms with van der Waals surface area (Å²) in [6, 6.07) is 12.5. The van der Waals surface area contributed by atoms with Crippen LogP contribution in [0.2, 0.25) is 10.0 Å². The monoisotopic (exact) mass is 510 g/mol. The van der Waals surface area contributed by atoms with Gasteiger partial charge in [-0.3, -0.25) is 4.79 Å². The van der Waals surface area contributed by atoms with E-state index >= 15 is 0 Å². The maximum Gasteiger partial charge on any atom is 0.227 e. The van der Waals surface area contributed by atoms with E-state index in [1.165, 1.54) is 24.3 Å². The summed E-state index contributed by atoms with van der Waals surface area (Å²) in [6.45, 7) is -0.0230. The van der Waals surface area contributed by atoms with Crippen LogP contribution in [-0.2, 0) is 26.0 Å². The van der Waals surface area contributed by atoms with Crippen LogP contribution in [0.25, 0.3) is 0 Å². The Balaban J connectivity index is 1.56. The Hall–Kier alpha value is -2.18. The molecule has 4 rings (SSSR count). The summed E-state index contributed by atoms with van der Waals surface area (Å²) in [6.07, 6.45) is 0.472. The number of nitrogens with zero attached hydrogens (tertiary/aromatic N) is 1. The van der Waals surface area contributed by atoms with Crippen LogP contribution in [0.3, 0.4) is 0 Å². The molecule has 0 radical (unpaired) electrons. The number of benzene rings is 2. The quantitative estimate of drug-likeness (QED) is 0.593. The first-order chi connectivity index (χ1) is 15.6. The maximum absolute atomic E-state index is 13.8. The fraction of sp³-hybridized carbons (Fsp3) is 0.391. The molecular formula is C23H21Cl2FN2O4S. The van der Waals surface area contributed by atoms with Crippen molar-refractivity contribution in [1.29, 1.82) is 5.26 Å². The average molecular weight is 511 g/mol. The number of sulfone groups is 1. The lowest BCUT2D eigenvalue weighted by Gasteiger charge is -2.21. The highest BCUT2D eigenvalue weighted by Gasteiger charge is 2.50. The third-order valence-electron chi connectivity index (χ3n) is 6.15. The van der Waals surface area contributed by atoms with E-state index in [-0.39, 0.29) is 34.4 Å². The summed E-state index contributed by atoms with van der Waals surface area (Å²) in [5, 5.41) is 11.3. The number of carbonyl (C=O) groups excluding carboxylic acids is 1. The lowest BCUT2D eigenvalue weighted by Crippen LogP contribution is -2.42. The summed E-state index contributed by atoms with van der Waals surface area (Å²) >= 11 is 11.9. The Kier molecular flexibility index (Phi) is 6.70. The van der Waals surface area contributed by atoms with Gasteiger partial charge in [0.25, 0.3) is 0 Å². The molecule has 6 nitrogen and oxygen atoms in total. The minimum absolute atomic E-state index is 0.00642. The topological polar surface area (TPSA) is 96.3 Å². The largest absolute Gasteiger partial charge is 0.373 e. The molecule has 174 valence electrons. The first kappa shape index (κ1) is 24.0. The molecule has 0 aromatic heterocycles. The number of carbonyl (C=O) groups is 1. The lowest BCUT2D eigenvalue weighted by molar-refractivity contribution is -0.130. The molecule has 1 amide bonds.